The normalized spacial score (nSPS) is 8.50. The van der Waals surface area contributed by atoms with E-state index in [0.717, 1.165) is 5.56 Å². The monoisotopic (exact) mass is 179 g/mol. The van der Waals surface area contributed by atoms with Crippen LogP contribution in [0.3, 0.4) is 0 Å². The second-order valence-electron chi connectivity index (χ2n) is 2.02. The number of hydrogen-bond donors (Lipinski definition) is 1. The summed E-state index contributed by atoms with van der Waals surface area (Å²) < 4.78 is 5.00. The topological polar surface area (TPSA) is 22.1 Å². The van der Waals surface area contributed by atoms with Crippen molar-refractivity contribution >= 4 is 12.6 Å². The molecule has 0 N–H and O–H groups in total. The molecule has 0 saturated heterocycles. The number of nitrogens with zero attached hydrogens (tertiary/aromatic N) is 1. The molecule has 12 heavy (non-hydrogen) atoms. The second kappa shape index (κ2) is 4.68. The van der Waals surface area contributed by atoms with Crippen LogP contribution in [0.4, 0.5) is 0 Å². The van der Waals surface area contributed by atoms with Crippen LogP contribution in [0.15, 0.2) is 18.3 Å². The Balaban J connectivity index is 2.97. The van der Waals surface area contributed by atoms with Crippen LogP contribution < -0.4 is 4.74 Å². The maximum atomic E-state index is 5.00. The molecule has 0 aliphatic rings. The molecule has 0 aliphatic heterocycles. The van der Waals surface area contributed by atoms with Gasteiger partial charge in [-0.3, -0.25) is 0 Å². The predicted molar refractivity (Wildman–Crippen MR) is 51.5 cm³/mol. The fourth-order valence-electron chi connectivity index (χ4n) is 0.783. The molecule has 3 heteroatoms. The van der Waals surface area contributed by atoms with Gasteiger partial charge in [0.05, 0.1) is 18.4 Å². The molecule has 1 aromatic heterocycles. The molecule has 0 spiro atoms. The summed E-state index contributed by atoms with van der Waals surface area (Å²) in [4.78, 5) is 4.00. The molecule has 0 fully saturated rings. The average Bonchev–Trinajstić information content (AvgIpc) is 2.15. The van der Waals surface area contributed by atoms with Crippen molar-refractivity contribution in [1.82, 2.24) is 4.98 Å². The highest BCUT2D eigenvalue weighted by atomic mass is 32.1. The Bertz CT molecular complexity index is 314. The van der Waals surface area contributed by atoms with Crippen molar-refractivity contribution in [3.63, 3.8) is 0 Å². The zero-order chi connectivity index (χ0) is 8.81. The largest absolute Gasteiger partial charge is 0.480 e. The van der Waals surface area contributed by atoms with Crippen molar-refractivity contribution in [2.75, 3.05) is 12.9 Å². The molecule has 0 amide bonds. The van der Waals surface area contributed by atoms with Gasteiger partial charge in [0.1, 0.15) is 0 Å². The minimum absolute atomic E-state index is 0.540. The van der Waals surface area contributed by atoms with Gasteiger partial charge in [0.2, 0.25) is 5.88 Å². The van der Waals surface area contributed by atoms with Crippen molar-refractivity contribution < 1.29 is 4.74 Å². The summed E-state index contributed by atoms with van der Waals surface area (Å²) in [5.74, 6) is 6.83. The lowest BCUT2D eigenvalue weighted by Crippen LogP contribution is -1.90. The Morgan fingerprint density at radius 3 is 3.17 bits per heavy atom. The van der Waals surface area contributed by atoms with E-state index >= 15 is 0 Å². The summed E-state index contributed by atoms with van der Waals surface area (Å²) >= 11 is 3.98. The Kier molecular flexibility index (Phi) is 3.49. The number of pyridine rings is 1. The van der Waals surface area contributed by atoms with Crippen molar-refractivity contribution in [2.24, 2.45) is 0 Å². The first-order valence-corrected chi connectivity index (χ1v) is 4.10. The second-order valence-corrected chi connectivity index (χ2v) is 2.34. The molecule has 62 valence electrons. The van der Waals surface area contributed by atoms with E-state index in [1.165, 1.54) is 0 Å². The van der Waals surface area contributed by atoms with E-state index in [1.807, 2.05) is 12.1 Å². The van der Waals surface area contributed by atoms with Crippen LogP contribution in [0.1, 0.15) is 5.56 Å². The Labute approximate surface area is 77.4 Å². The Hall–Kier alpha value is -1.14. The first-order valence-electron chi connectivity index (χ1n) is 3.47. The van der Waals surface area contributed by atoms with E-state index in [-0.39, 0.29) is 0 Å². The Morgan fingerprint density at radius 2 is 2.50 bits per heavy atom. The lowest BCUT2D eigenvalue weighted by molar-refractivity contribution is 0.396. The fourth-order valence-corrected chi connectivity index (χ4v) is 0.862. The highest BCUT2D eigenvalue weighted by Crippen LogP contribution is 2.10. The average molecular weight is 179 g/mol. The third-order valence-corrected chi connectivity index (χ3v) is 1.42. The summed E-state index contributed by atoms with van der Waals surface area (Å²) in [6.07, 6.45) is 1.67. The van der Waals surface area contributed by atoms with Crippen LogP contribution >= 0.6 is 12.6 Å². The summed E-state index contributed by atoms with van der Waals surface area (Å²) in [7, 11) is 1.58. The zero-order valence-electron chi connectivity index (χ0n) is 6.74. The number of methoxy groups -OCH3 is 1. The van der Waals surface area contributed by atoms with Crippen LogP contribution in [-0.2, 0) is 0 Å². The number of thiol groups is 1. The summed E-state index contributed by atoms with van der Waals surface area (Å²) in [5.41, 5.74) is 0.800. The van der Waals surface area contributed by atoms with E-state index in [2.05, 4.69) is 29.5 Å². The Morgan fingerprint density at radius 1 is 1.67 bits per heavy atom. The lowest BCUT2D eigenvalue weighted by Gasteiger charge is -1.98. The molecule has 1 heterocycles. The van der Waals surface area contributed by atoms with E-state index in [0.29, 0.717) is 11.6 Å². The molecule has 0 aromatic carbocycles. The first-order chi connectivity index (χ1) is 5.88. The molecule has 1 rings (SSSR count). The maximum Gasteiger partial charge on any atom is 0.229 e. The van der Waals surface area contributed by atoms with Crippen molar-refractivity contribution in [1.29, 1.82) is 0 Å². The van der Waals surface area contributed by atoms with Gasteiger partial charge in [0.25, 0.3) is 0 Å². The number of hydrogen-bond acceptors (Lipinski definition) is 3. The van der Waals surface area contributed by atoms with Crippen molar-refractivity contribution in [2.45, 2.75) is 0 Å². The number of rotatable bonds is 1. The standard InChI is InChI=1S/C9H9NOS/c1-11-9-8(5-3-7-12)4-2-6-10-9/h2,4,6,12H,7H2,1H3. The van der Waals surface area contributed by atoms with E-state index < -0.39 is 0 Å². The molecular formula is C9H9NOS. The van der Waals surface area contributed by atoms with Crippen LogP contribution in [0.5, 0.6) is 5.88 Å². The molecule has 0 saturated carbocycles. The van der Waals surface area contributed by atoms with Crippen LogP contribution in [-0.4, -0.2) is 17.8 Å². The van der Waals surface area contributed by atoms with Gasteiger partial charge in [0.15, 0.2) is 0 Å². The molecule has 0 atom stereocenters. The summed E-state index contributed by atoms with van der Waals surface area (Å²) in [6, 6.07) is 3.69. The minimum atomic E-state index is 0.540. The van der Waals surface area contributed by atoms with Crippen LogP contribution in [0, 0.1) is 11.8 Å². The van der Waals surface area contributed by atoms with Crippen molar-refractivity contribution in [3.05, 3.63) is 23.9 Å². The van der Waals surface area contributed by atoms with Gasteiger partial charge in [0, 0.05) is 6.20 Å². The van der Waals surface area contributed by atoms with E-state index in [1.54, 1.807) is 13.3 Å². The highest BCUT2D eigenvalue weighted by Gasteiger charge is 1.97. The third-order valence-electron chi connectivity index (χ3n) is 1.27. The molecular weight excluding hydrogens is 170 g/mol. The fraction of sp³-hybridized carbons (Fsp3) is 0.222. The van der Waals surface area contributed by atoms with Gasteiger partial charge in [-0.15, -0.1) is 0 Å². The number of ether oxygens (including phenoxy) is 1. The quantitative estimate of drug-likeness (QED) is 0.519. The SMILES string of the molecule is COc1ncccc1C#CCS. The lowest BCUT2D eigenvalue weighted by atomic mass is 10.3. The van der Waals surface area contributed by atoms with Gasteiger partial charge in [-0.05, 0) is 12.1 Å². The van der Waals surface area contributed by atoms with Crippen molar-refractivity contribution in [3.8, 4) is 17.7 Å². The molecule has 1 aromatic rings. The maximum absolute atomic E-state index is 5.00. The van der Waals surface area contributed by atoms with Gasteiger partial charge in [-0.25, -0.2) is 4.98 Å². The van der Waals surface area contributed by atoms with E-state index in [9.17, 15) is 0 Å². The first kappa shape index (κ1) is 8.95. The smallest absolute Gasteiger partial charge is 0.229 e. The molecule has 0 unspecified atom stereocenters. The van der Waals surface area contributed by atoms with Crippen LogP contribution in [0.2, 0.25) is 0 Å². The van der Waals surface area contributed by atoms with Gasteiger partial charge < -0.3 is 4.74 Å². The summed E-state index contributed by atoms with van der Waals surface area (Å²) in [6.45, 7) is 0. The molecule has 0 radical (unpaired) electrons. The predicted octanol–water partition coefficient (Wildman–Crippen LogP) is 1.37. The van der Waals surface area contributed by atoms with Gasteiger partial charge in [-0.2, -0.15) is 12.6 Å². The molecule has 0 aliphatic carbocycles. The summed E-state index contributed by atoms with van der Waals surface area (Å²) in [5, 5.41) is 0. The van der Waals surface area contributed by atoms with E-state index in [4.69, 9.17) is 4.74 Å². The van der Waals surface area contributed by atoms with Crippen LogP contribution in [0.25, 0.3) is 0 Å². The molecule has 2 nitrogen and oxygen atoms in total. The zero-order valence-corrected chi connectivity index (χ0v) is 7.64. The minimum Gasteiger partial charge on any atom is -0.480 e. The number of aromatic nitrogens is 1. The molecule has 0 bridgehead atoms. The van der Waals surface area contributed by atoms with Gasteiger partial charge >= 0.3 is 0 Å². The third kappa shape index (κ3) is 2.18. The van der Waals surface area contributed by atoms with Gasteiger partial charge in [-0.1, -0.05) is 11.8 Å². The highest BCUT2D eigenvalue weighted by molar-refractivity contribution is 7.80.